The van der Waals surface area contributed by atoms with Crippen LogP contribution in [0.5, 0.6) is 0 Å². The molecule has 0 N–H and O–H groups in total. The van der Waals surface area contributed by atoms with Crippen molar-refractivity contribution in [2.45, 2.75) is 6.42 Å². The Balaban J connectivity index is 2.31. The summed E-state index contributed by atoms with van der Waals surface area (Å²) >= 11 is 0. The Morgan fingerprint density at radius 2 is 1.80 bits per heavy atom. The standard InChI is InChI=1S/C10H7/c1-2-9-7-4-5-8(6-7)10(9)3-1/h1-5H,6H2. The highest BCUT2D eigenvalue weighted by atomic mass is 14.3. The summed E-state index contributed by atoms with van der Waals surface area (Å²) in [6, 6.07) is 0. The topological polar surface area (TPSA) is 0 Å². The van der Waals surface area contributed by atoms with E-state index < -0.39 is 0 Å². The summed E-state index contributed by atoms with van der Waals surface area (Å²) in [5.74, 6) is 0. The van der Waals surface area contributed by atoms with Gasteiger partial charge < -0.3 is 0 Å². The second kappa shape index (κ2) is 1.34. The van der Waals surface area contributed by atoms with Crippen LogP contribution in [0.3, 0.4) is 0 Å². The third kappa shape index (κ3) is 0.367. The van der Waals surface area contributed by atoms with Crippen LogP contribution < -0.4 is 0 Å². The van der Waals surface area contributed by atoms with Crippen LogP contribution in [-0.2, 0) is 0 Å². The molecule has 0 atom stereocenters. The van der Waals surface area contributed by atoms with Crippen molar-refractivity contribution in [1.29, 1.82) is 0 Å². The van der Waals surface area contributed by atoms with Crippen LogP contribution >= 0.6 is 0 Å². The first-order chi connectivity index (χ1) is 4.95. The summed E-state index contributed by atoms with van der Waals surface area (Å²) in [6.07, 6.45) is 12.2. The highest BCUT2D eigenvalue weighted by Gasteiger charge is 2.26. The highest BCUT2D eigenvalue weighted by molar-refractivity contribution is 5.71. The predicted octanol–water partition coefficient (Wildman–Crippen LogP) is 2.33. The maximum Gasteiger partial charge on any atom is 0.0134 e. The molecule has 0 saturated heterocycles. The number of hydrogen-bond acceptors (Lipinski definition) is 0. The van der Waals surface area contributed by atoms with Gasteiger partial charge in [0.05, 0.1) is 0 Å². The van der Waals surface area contributed by atoms with Gasteiger partial charge in [0.15, 0.2) is 0 Å². The summed E-state index contributed by atoms with van der Waals surface area (Å²) in [5, 5.41) is 0. The average Bonchev–Trinajstić information content (AvgIpc) is 2.60. The van der Waals surface area contributed by atoms with Crippen molar-refractivity contribution in [2.75, 3.05) is 0 Å². The first-order valence-corrected chi connectivity index (χ1v) is 3.61. The lowest BCUT2D eigenvalue weighted by atomic mass is 10.1. The second-order valence-corrected chi connectivity index (χ2v) is 2.91. The third-order valence-corrected chi connectivity index (χ3v) is 2.37. The van der Waals surface area contributed by atoms with Gasteiger partial charge in [0, 0.05) is 6.42 Å². The van der Waals surface area contributed by atoms with Crippen LogP contribution in [0, 0.1) is 6.42 Å². The van der Waals surface area contributed by atoms with Crippen molar-refractivity contribution in [3.63, 3.8) is 0 Å². The van der Waals surface area contributed by atoms with Crippen molar-refractivity contribution in [3.05, 3.63) is 53.0 Å². The van der Waals surface area contributed by atoms with Gasteiger partial charge in [-0.3, -0.25) is 0 Å². The molecule has 3 aliphatic carbocycles. The van der Waals surface area contributed by atoms with Gasteiger partial charge in [-0.25, -0.2) is 0 Å². The molecular formula is C10H7. The Bertz CT molecular complexity index is 322. The van der Waals surface area contributed by atoms with Crippen LogP contribution in [0.1, 0.15) is 6.42 Å². The van der Waals surface area contributed by atoms with Crippen molar-refractivity contribution in [3.8, 4) is 0 Å². The van der Waals surface area contributed by atoms with Gasteiger partial charge in [0.2, 0.25) is 0 Å². The van der Waals surface area contributed by atoms with Gasteiger partial charge in [-0.1, -0.05) is 24.3 Å². The molecule has 3 rings (SSSR count). The molecule has 0 aromatic heterocycles. The van der Waals surface area contributed by atoms with Gasteiger partial charge in [-0.15, -0.1) is 0 Å². The van der Waals surface area contributed by atoms with E-state index in [1.807, 2.05) is 0 Å². The van der Waals surface area contributed by atoms with Gasteiger partial charge in [-0.05, 0) is 28.7 Å². The number of rotatable bonds is 0. The Morgan fingerprint density at radius 1 is 1.00 bits per heavy atom. The van der Waals surface area contributed by atoms with Crippen molar-refractivity contribution < 1.29 is 0 Å². The molecule has 47 valence electrons. The molecular weight excluding hydrogens is 120 g/mol. The molecule has 0 fully saturated rings. The molecule has 0 amide bonds. The molecule has 0 aliphatic heterocycles. The Kier molecular flexibility index (Phi) is 0.634. The summed E-state index contributed by atoms with van der Waals surface area (Å²) in [4.78, 5) is 0. The summed E-state index contributed by atoms with van der Waals surface area (Å²) in [7, 11) is 0. The van der Waals surface area contributed by atoms with E-state index in [9.17, 15) is 0 Å². The van der Waals surface area contributed by atoms with Gasteiger partial charge in [0.1, 0.15) is 0 Å². The Labute approximate surface area is 60.2 Å². The zero-order chi connectivity index (χ0) is 6.55. The number of hydrogen-bond donors (Lipinski definition) is 0. The summed E-state index contributed by atoms with van der Waals surface area (Å²) < 4.78 is 0. The van der Waals surface area contributed by atoms with E-state index in [-0.39, 0.29) is 0 Å². The quantitative estimate of drug-likeness (QED) is 0.468. The maximum atomic E-state index is 2.23. The molecule has 0 saturated carbocycles. The molecule has 0 aromatic rings. The minimum Gasteiger partial charge on any atom is -0.0754 e. The molecule has 1 radical (unpaired) electrons. The fourth-order valence-electron chi connectivity index (χ4n) is 1.87. The van der Waals surface area contributed by atoms with E-state index in [1.165, 1.54) is 28.7 Å². The smallest absolute Gasteiger partial charge is 0.0134 e. The minimum absolute atomic E-state index is 1.19. The fourth-order valence-corrected chi connectivity index (χ4v) is 1.87. The summed E-state index contributed by atoms with van der Waals surface area (Å²) in [5.41, 5.74) is 5.96. The van der Waals surface area contributed by atoms with Crippen molar-refractivity contribution in [1.82, 2.24) is 0 Å². The average molecular weight is 127 g/mol. The Hall–Kier alpha value is -1.04. The van der Waals surface area contributed by atoms with E-state index in [2.05, 4.69) is 30.7 Å². The van der Waals surface area contributed by atoms with E-state index >= 15 is 0 Å². The largest absolute Gasteiger partial charge is 0.0754 e. The van der Waals surface area contributed by atoms with Gasteiger partial charge >= 0.3 is 0 Å². The minimum atomic E-state index is 1.19. The normalized spacial score (nSPS) is 25.6. The lowest BCUT2D eigenvalue weighted by molar-refractivity contribution is 1.28. The lowest BCUT2D eigenvalue weighted by Gasteiger charge is -1.97. The van der Waals surface area contributed by atoms with Crippen molar-refractivity contribution in [2.24, 2.45) is 0 Å². The van der Waals surface area contributed by atoms with Gasteiger partial charge in [-0.2, -0.15) is 0 Å². The molecule has 0 unspecified atom stereocenters. The zero-order valence-corrected chi connectivity index (χ0v) is 5.59. The lowest BCUT2D eigenvalue weighted by Crippen LogP contribution is -1.80. The molecule has 2 bridgehead atoms. The molecule has 0 nitrogen and oxygen atoms in total. The molecule has 0 heterocycles. The molecule has 0 heteroatoms. The number of allylic oxidation sites excluding steroid dienone is 8. The predicted molar refractivity (Wildman–Crippen MR) is 41.2 cm³/mol. The van der Waals surface area contributed by atoms with Crippen LogP contribution in [0.4, 0.5) is 0 Å². The third-order valence-electron chi connectivity index (χ3n) is 2.37. The zero-order valence-electron chi connectivity index (χ0n) is 5.59. The van der Waals surface area contributed by atoms with Crippen LogP contribution in [0.2, 0.25) is 0 Å². The maximum absolute atomic E-state index is 2.23. The highest BCUT2D eigenvalue weighted by Crippen LogP contribution is 2.44. The van der Waals surface area contributed by atoms with Gasteiger partial charge in [0.25, 0.3) is 0 Å². The van der Waals surface area contributed by atoms with E-state index in [4.69, 9.17) is 0 Å². The van der Waals surface area contributed by atoms with Crippen LogP contribution in [0.25, 0.3) is 0 Å². The Morgan fingerprint density at radius 3 is 2.60 bits per heavy atom. The summed E-state index contributed by atoms with van der Waals surface area (Å²) in [6.45, 7) is 0. The van der Waals surface area contributed by atoms with E-state index in [1.54, 1.807) is 0 Å². The fraction of sp³-hybridized carbons (Fsp3) is 0.100. The second-order valence-electron chi connectivity index (χ2n) is 2.91. The molecule has 0 spiro atoms. The van der Waals surface area contributed by atoms with Crippen LogP contribution in [0.15, 0.2) is 46.6 Å². The monoisotopic (exact) mass is 127 g/mol. The van der Waals surface area contributed by atoms with Crippen molar-refractivity contribution >= 4 is 0 Å². The molecule has 3 aliphatic rings. The SMILES string of the molecule is [CH]1C=CC2=C1C1=CC=C2C1. The first kappa shape index (κ1) is 4.73. The number of fused-ring (bicyclic) bond motifs is 4. The van der Waals surface area contributed by atoms with Crippen LogP contribution in [-0.4, -0.2) is 0 Å². The van der Waals surface area contributed by atoms with E-state index in [0.717, 1.165) is 0 Å². The van der Waals surface area contributed by atoms with E-state index in [0.29, 0.717) is 0 Å². The molecule has 10 heavy (non-hydrogen) atoms. The molecule has 0 aromatic carbocycles. The first-order valence-electron chi connectivity index (χ1n) is 3.61.